The molecule has 90 valence electrons. The fourth-order valence-electron chi connectivity index (χ4n) is 1.50. The zero-order chi connectivity index (χ0) is 12.1. The van der Waals surface area contributed by atoms with Gasteiger partial charge in [0.1, 0.15) is 16.8 Å². The SMILES string of the molecule is Cn1cnnc1CCNCc1cccc(Br)n1. The molecule has 0 radical (unpaired) electrons. The number of halogens is 1. The van der Waals surface area contributed by atoms with E-state index in [-0.39, 0.29) is 0 Å². The summed E-state index contributed by atoms with van der Waals surface area (Å²) in [4.78, 5) is 4.35. The summed E-state index contributed by atoms with van der Waals surface area (Å²) in [5.74, 6) is 0.986. The molecule has 0 amide bonds. The summed E-state index contributed by atoms with van der Waals surface area (Å²) < 4.78 is 2.80. The van der Waals surface area contributed by atoms with Gasteiger partial charge in [-0.05, 0) is 28.1 Å². The van der Waals surface area contributed by atoms with Crippen LogP contribution in [0.1, 0.15) is 11.5 Å². The highest BCUT2D eigenvalue weighted by Gasteiger charge is 2.00. The summed E-state index contributed by atoms with van der Waals surface area (Å²) in [6.07, 6.45) is 2.58. The highest BCUT2D eigenvalue weighted by atomic mass is 79.9. The van der Waals surface area contributed by atoms with Gasteiger partial charge in [-0.1, -0.05) is 6.07 Å². The third kappa shape index (κ3) is 3.61. The molecule has 0 aliphatic carbocycles. The Kier molecular flexibility index (Phi) is 4.22. The third-order valence-corrected chi connectivity index (χ3v) is 2.85. The molecule has 6 heteroatoms. The van der Waals surface area contributed by atoms with Crippen molar-refractivity contribution < 1.29 is 0 Å². The Hall–Kier alpha value is -1.27. The molecule has 0 atom stereocenters. The van der Waals surface area contributed by atoms with Crippen LogP contribution in [0.3, 0.4) is 0 Å². The zero-order valence-corrected chi connectivity index (χ0v) is 11.2. The number of hydrogen-bond acceptors (Lipinski definition) is 4. The maximum Gasteiger partial charge on any atom is 0.133 e. The Morgan fingerprint density at radius 3 is 3.00 bits per heavy atom. The van der Waals surface area contributed by atoms with Crippen LogP contribution in [0.25, 0.3) is 0 Å². The lowest BCUT2D eigenvalue weighted by atomic mass is 10.3. The van der Waals surface area contributed by atoms with Crippen molar-refractivity contribution in [3.8, 4) is 0 Å². The van der Waals surface area contributed by atoms with E-state index in [9.17, 15) is 0 Å². The topological polar surface area (TPSA) is 55.6 Å². The largest absolute Gasteiger partial charge is 0.321 e. The van der Waals surface area contributed by atoms with Crippen molar-refractivity contribution in [2.24, 2.45) is 7.05 Å². The molecule has 0 fully saturated rings. The van der Waals surface area contributed by atoms with E-state index in [2.05, 4.69) is 36.4 Å². The molecule has 0 unspecified atom stereocenters. The fourth-order valence-corrected chi connectivity index (χ4v) is 1.88. The van der Waals surface area contributed by atoms with Crippen LogP contribution in [0.5, 0.6) is 0 Å². The molecule has 0 aliphatic rings. The van der Waals surface area contributed by atoms with E-state index in [1.165, 1.54) is 0 Å². The maximum atomic E-state index is 4.35. The number of nitrogens with one attached hydrogen (secondary N) is 1. The van der Waals surface area contributed by atoms with Gasteiger partial charge in [-0.25, -0.2) is 4.98 Å². The summed E-state index contributed by atoms with van der Waals surface area (Å²) in [6, 6.07) is 5.90. The summed E-state index contributed by atoms with van der Waals surface area (Å²) in [7, 11) is 1.95. The predicted molar refractivity (Wildman–Crippen MR) is 68.4 cm³/mol. The minimum Gasteiger partial charge on any atom is -0.321 e. The molecule has 2 aromatic heterocycles. The van der Waals surface area contributed by atoms with Gasteiger partial charge in [-0.2, -0.15) is 0 Å². The lowest BCUT2D eigenvalue weighted by Gasteiger charge is -2.04. The minimum absolute atomic E-state index is 0.761. The van der Waals surface area contributed by atoms with Crippen LogP contribution in [0.4, 0.5) is 0 Å². The van der Waals surface area contributed by atoms with Crippen LogP contribution >= 0.6 is 15.9 Å². The minimum atomic E-state index is 0.761. The molecular formula is C11H14BrN5. The summed E-state index contributed by atoms with van der Waals surface area (Å²) in [5.41, 5.74) is 1.03. The molecule has 0 saturated carbocycles. The van der Waals surface area contributed by atoms with Crippen molar-refractivity contribution in [3.63, 3.8) is 0 Å². The van der Waals surface area contributed by atoms with E-state index in [1.807, 2.05) is 29.8 Å². The Morgan fingerprint density at radius 1 is 1.41 bits per heavy atom. The lowest BCUT2D eigenvalue weighted by molar-refractivity contribution is 0.645. The Bertz CT molecular complexity index is 482. The summed E-state index contributed by atoms with van der Waals surface area (Å²) in [6.45, 7) is 1.62. The van der Waals surface area contributed by atoms with Gasteiger partial charge in [0.05, 0.1) is 5.69 Å². The first-order valence-corrected chi connectivity index (χ1v) is 6.20. The van der Waals surface area contributed by atoms with Gasteiger partial charge in [0.25, 0.3) is 0 Å². The van der Waals surface area contributed by atoms with Crippen LogP contribution in [0.15, 0.2) is 29.1 Å². The van der Waals surface area contributed by atoms with Crippen molar-refractivity contribution >= 4 is 15.9 Å². The molecule has 2 rings (SSSR count). The predicted octanol–water partition coefficient (Wildman–Crippen LogP) is 1.30. The second-order valence-corrected chi connectivity index (χ2v) is 4.55. The first-order chi connectivity index (χ1) is 8.25. The maximum absolute atomic E-state index is 4.35. The standard InChI is InChI=1S/C11H14BrN5/c1-17-8-14-16-11(17)5-6-13-7-9-3-2-4-10(12)15-9/h2-4,8,13H,5-7H2,1H3. The van der Waals surface area contributed by atoms with Crippen molar-refractivity contribution in [3.05, 3.63) is 40.6 Å². The van der Waals surface area contributed by atoms with Crippen LogP contribution in [-0.4, -0.2) is 26.3 Å². The van der Waals surface area contributed by atoms with Crippen molar-refractivity contribution in [1.29, 1.82) is 0 Å². The van der Waals surface area contributed by atoms with Crippen LogP contribution < -0.4 is 5.32 Å². The van der Waals surface area contributed by atoms with Gasteiger partial charge in [0, 0.05) is 26.6 Å². The van der Waals surface area contributed by atoms with Gasteiger partial charge in [0.2, 0.25) is 0 Å². The number of hydrogen-bond donors (Lipinski definition) is 1. The lowest BCUT2D eigenvalue weighted by Crippen LogP contribution is -2.18. The van der Waals surface area contributed by atoms with Crippen LogP contribution in [-0.2, 0) is 20.0 Å². The Morgan fingerprint density at radius 2 is 2.29 bits per heavy atom. The van der Waals surface area contributed by atoms with Gasteiger partial charge in [-0.15, -0.1) is 10.2 Å². The molecule has 0 spiro atoms. The zero-order valence-electron chi connectivity index (χ0n) is 9.60. The Balaban J connectivity index is 1.75. The molecule has 0 bridgehead atoms. The number of nitrogens with zero attached hydrogens (tertiary/aromatic N) is 4. The van der Waals surface area contributed by atoms with Gasteiger partial charge in [-0.3, -0.25) is 0 Å². The molecule has 17 heavy (non-hydrogen) atoms. The van der Waals surface area contributed by atoms with Gasteiger partial charge >= 0.3 is 0 Å². The van der Waals surface area contributed by atoms with Crippen LogP contribution in [0.2, 0.25) is 0 Å². The van der Waals surface area contributed by atoms with Crippen LogP contribution in [0, 0.1) is 0 Å². The first kappa shape index (κ1) is 12.2. The fraction of sp³-hybridized carbons (Fsp3) is 0.364. The molecule has 2 aromatic rings. The molecule has 0 saturated heterocycles. The normalized spacial score (nSPS) is 10.7. The van der Waals surface area contributed by atoms with Crippen molar-refractivity contribution in [1.82, 2.24) is 25.1 Å². The highest BCUT2D eigenvalue weighted by Crippen LogP contribution is 2.05. The van der Waals surface area contributed by atoms with E-state index >= 15 is 0 Å². The number of rotatable bonds is 5. The smallest absolute Gasteiger partial charge is 0.133 e. The van der Waals surface area contributed by atoms with Crippen molar-refractivity contribution in [2.75, 3.05) is 6.54 Å². The third-order valence-electron chi connectivity index (χ3n) is 2.41. The molecule has 1 N–H and O–H groups in total. The average Bonchev–Trinajstić information content (AvgIpc) is 2.71. The molecule has 2 heterocycles. The Labute approximate surface area is 108 Å². The quantitative estimate of drug-likeness (QED) is 0.667. The molecule has 0 aliphatic heterocycles. The number of aromatic nitrogens is 4. The summed E-state index contributed by atoms with van der Waals surface area (Å²) in [5, 5.41) is 11.2. The van der Waals surface area contributed by atoms with E-state index in [0.717, 1.165) is 35.6 Å². The monoisotopic (exact) mass is 295 g/mol. The summed E-state index contributed by atoms with van der Waals surface area (Å²) >= 11 is 3.35. The number of aryl methyl sites for hydroxylation is 1. The molecule has 0 aromatic carbocycles. The van der Waals surface area contributed by atoms with E-state index in [4.69, 9.17) is 0 Å². The molecule has 5 nitrogen and oxygen atoms in total. The average molecular weight is 296 g/mol. The van der Waals surface area contributed by atoms with Gasteiger partial charge in [0.15, 0.2) is 0 Å². The molecular weight excluding hydrogens is 282 g/mol. The van der Waals surface area contributed by atoms with E-state index in [1.54, 1.807) is 6.33 Å². The van der Waals surface area contributed by atoms with Gasteiger partial charge < -0.3 is 9.88 Å². The number of pyridine rings is 1. The first-order valence-electron chi connectivity index (χ1n) is 5.41. The van der Waals surface area contributed by atoms with Crippen molar-refractivity contribution in [2.45, 2.75) is 13.0 Å². The second kappa shape index (κ2) is 5.88. The second-order valence-electron chi connectivity index (χ2n) is 3.74. The highest BCUT2D eigenvalue weighted by molar-refractivity contribution is 9.10. The van der Waals surface area contributed by atoms with E-state index < -0.39 is 0 Å². The van der Waals surface area contributed by atoms with E-state index in [0.29, 0.717) is 0 Å².